The molecule has 2 N–H and O–H groups in total. The normalized spacial score (nSPS) is 17.0. The summed E-state index contributed by atoms with van der Waals surface area (Å²) in [5.41, 5.74) is 5.57. The summed E-state index contributed by atoms with van der Waals surface area (Å²) in [4.78, 5) is 29.9. The molecule has 3 heterocycles. The minimum Gasteiger partial charge on any atom is -0.469 e. The van der Waals surface area contributed by atoms with Crippen LogP contribution in [0, 0.1) is 5.92 Å². The van der Waals surface area contributed by atoms with Gasteiger partial charge in [0.2, 0.25) is 0 Å². The lowest BCUT2D eigenvalue weighted by Gasteiger charge is -2.30. The van der Waals surface area contributed by atoms with Gasteiger partial charge in [-0.25, -0.2) is 0 Å². The molecular formula is C24H24ClN3O3. The van der Waals surface area contributed by atoms with Crippen molar-refractivity contribution < 1.29 is 14.3 Å². The summed E-state index contributed by atoms with van der Waals surface area (Å²) >= 11 is 6.29. The average molecular weight is 438 g/mol. The molecular weight excluding hydrogens is 414 g/mol. The van der Waals surface area contributed by atoms with Crippen LogP contribution in [0.25, 0.3) is 22.2 Å². The van der Waals surface area contributed by atoms with Gasteiger partial charge in [-0.2, -0.15) is 0 Å². The molecule has 0 spiro atoms. The van der Waals surface area contributed by atoms with Gasteiger partial charge in [0.05, 0.1) is 18.6 Å². The van der Waals surface area contributed by atoms with Crippen molar-refractivity contribution in [2.45, 2.75) is 25.9 Å². The van der Waals surface area contributed by atoms with Crippen molar-refractivity contribution in [1.29, 1.82) is 0 Å². The van der Waals surface area contributed by atoms with E-state index < -0.39 is 0 Å². The number of carbonyl (C=O) groups is 2. The van der Waals surface area contributed by atoms with Crippen LogP contribution in [0.1, 0.15) is 34.3 Å². The lowest BCUT2D eigenvalue weighted by molar-refractivity contribution is -0.147. The average Bonchev–Trinajstić information content (AvgIpc) is 3.38. The first-order valence-corrected chi connectivity index (χ1v) is 10.9. The maximum absolute atomic E-state index is 12.4. The Labute approximate surface area is 185 Å². The maximum atomic E-state index is 12.4. The Kier molecular flexibility index (Phi) is 5.20. The minimum absolute atomic E-state index is 0.0225. The standard InChI is InChI=1S/C24H24ClN3O3/c1-31-24(30)15-6-8-28(9-7-15)13-14-2-5-20-16(10-14)11-21(27-20)17-3-4-19(25)18-12-26-23(29)22(17)18/h2-5,10-11,15,27H,6-9,12-13H2,1H3,(H,26,29). The van der Waals surface area contributed by atoms with Gasteiger partial charge in [0.1, 0.15) is 0 Å². The molecule has 6 nitrogen and oxygen atoms in total. The van der Waals surface area contributed by atoms with Crippen molar-refractivity contribution in [3.8, 4) is 11.3 Å². The number of fused-ring (bicyclic) bond motifs is 2. The third kappa shape index (κ3) is 3.70. The van der Waals surface area contributed by atoms with Crippen molar-refractivity contribution in [3.05, 3.63) is 58.1 Å². The van der Waals surface area contributed by atoms with E-state index in [2.05, 4.69) is 39.5 Å². The first-order chi connectivity index (χ1) is 15.0. The van der Waals surface area contributed by atoms with Crippen LogP contribution in [0.2, 0.25) is 5.02 Å². The number of halogens is 1. The summed E-state index contributed by atoms with van der Waals surface area (Å²) in [7, 11) is 1.46. The summed E-state index contributed by atoms with van der Waals surface area (Å²) in [5, 5.41) is 4.59. The lowest BCUT2D eigenvalue weighted by Crippen LogP contribution is -2.36. The second kappa shape index (κ2) is 8.02. The largest absolute Gasteiger partial charge is 0.469 e. The van der Waals surface area contributed by atoms with E-state index in [1.807, 2.05) is 12.1 Å². The van der Waals surface area contributed by atoms with Crippen molar-refractivity contribution in [1.82, 2.24) is 15.2 Å². The summed E-state index contributed by atoms with van der Waals surface area (Å²) in [6, 6.07) is 12.3. The van der Waals surface area contributed by atoms with Crippen molar-refractivity contribution in [2.24, 2.45) is 5.92 Å². The molecule has 1 fully saturated rings. The van der Waals surface area contributed by atoms with Gasteiger partial charge < -0.3 is 15.0 Å². The quantitative estimate of drug-likeness (QED) is 0.602. The van der Waals surface area contributed by atoms with Crippen LogP contribution in [0.5, 0.6) is 0 Å². The molecule has 0 aliphatic carbocycles. The number of piperidine rings is 1. The molecule has 7 heteroatoms. The third-order valence-corrected chi connectivity index (χ3v) is 6.77. The van der Waals surface area contributed by atoms with Gasteiger partial charge in [0.25, 0.3) is 5.91 Å². The van der Waals surface area contributed by atoms with Gasteiger partial charge in [-0.05, 0) is 55.8 Å². The lowest BCUT2D eigenvalue weighted by atomic mass is 9.96. The highest BCUT2D eigenvalue weighted by molar-refractivity contribution is 6.32. The van der Waals surface area contributed by atoms with Gasteiger partial charge >= 0.3 is 5.97 Å². The van der Waals surface area contributed by atoms with Crippen LogP contribution in [-0.2, 0) is 22.6 Å². The number of nitrogens with zero attached hydrogens (tertiary/aromatic N) is 1. The Hall–Kier alpha value is -2.83. The van der Waals surface area contributed by atoms with E-state index in [0.717, 1.165) is 60.2 Å². The van der Waals surface area contributed by atoms with Gasteiger partial charge in [-0.15, -0.1) is 0 Å². The molecule has 0 saturated carbocycles. The number of carbonyl (C=O) groups excluding carboxylic acids is 2. The second-order valence-corrected chi connectivity index (χ2v) is 8.72. The molecule has 0 bridgehead atoms. The number of rotatable bonds is 4. The summed E-state index contributed by atoms with van der Waals surface area (Å²) in [6.07, 6.45) is 1.68. The Bertz CT molecular complexity index is 1180. The Morgan fingerprint density at radius 1 is 1.19 bits per heavy atom. The number of hydrogen-bond donors (Lipinski definition) is 2. The van der Waals surface area contributed by atoms with Crippen LogP contribution in [0.4, 0.5) is 0 Å². The fraction of sp³-hybridized carbons (Fsp3) is 0.333. The fourth-order valence-electron chi connectivity index (χ4n) is 4.71. The number of likely N-dealkylation sites (tertiary alicyclic amines) is 1. The van der Waals surface area contributed by atoms with E-state index in [0.29, 0.717) is 17.1 Å². The third-order valence-electron chi connectivity index (χ3n) is 6.41. The topological polar surface area (TPSA) is 74.4 Å². The predicted octanol–water partition coefficient (Wildman–Crippen LogP) is 4.12. The van der Waals surface area contributed by atoms with E-state index >= 15 is 0 Å². The Morgan fingerprint density at radius 2 is 2.00 bits per heavy atom. The monoisotopic (exact) mass is 437 g/mol. The van der Waals surface area contributed by atoms with E-state index in [4.69, 9.17) is 16.3 Å². The molecule has 1 aromatic heterocycles. The minimum atomic E-state index is -0.0942. The van der Waals surface area contributed by atoms with Gasteiger partial charge in [0.15, 0.2) is 0 Å². The molecule has 2 aliphatic rings. The van der Waals surface area contributed by atoms with Gasteiger partial charge in [-0.1, -0.05) is 23.7 Å². The molecule has 0 atom stereocenters. The predicted molar refractivity (Wildman–Crippen MR) is 120 cm³/mol. The second-order valence-electron chi connectivity index (χ2n) is 8.31. The van der Waals surface area contributed by atoms with Crippen LogP contribution in [0.3, 0.4) is 0 Å². The van der Waals surface area contributed by atoms with Gasteiger partial charge in [0, 0.05) is 45.8 Å². The van der Waals surface area contributed by atoms with Gasteiger partial charge in [-0.3, -0.25) is 14.5 Å². The first kappa shape index (κ1) is 20.1. The molecule has 1 amide bonds. The van der Waals surface area contributed by atoms with Crippen molar-refractivity contribution >= 4 is 34.4 Å². The molecule has 31 heavy (non-hydrogen) atoms. The molecule has 160 valence electrons. The van der Waals surface area contributed by atoms with E-state index in [1.54, 1.807) is 0 Å². The number of ether oxygens (including phenoxy) is 1. The highest BCUT2D eigenvalue weighted by atomic mass is 35.5. The smallest absolute Gasteiger partial charge is 0.308 e. The first-order valence-electron chi connectivity index (χ1n) is 10.6. The number of benzene rings is 2. The molecule has 2 aromatic carbocycles. The van der Waals surface area contributed by atoms with Crippen molar-refractivity contribution in [2.75, 3.05) is 20.2 Å². The molecule has 1 saturated heterocycles. The number of nitrogens with one attached hydrogen (secondary N) is 2. The number of aromatic amines is 1. The van der Waals surface area contributed by atoms with E-state index in [-0.39, 0.29) is 17.8 Å². The molecule has 3 aromatic rings. The van der Waals surface area contributed by atoms with Crippen molar-refractivity contribution in [3.63, 3.8) is 0 Å². The van der Waals surface area contributed by atoms with E-state index in [1.165, 1.54) is 12.7 Å². The summed E-state index contributed by atoms with van der Waals surface area (Å²) in [5.74, 6) is -0.153. The Morgan fingerprint density at radius 3 is 2.77 bits per heavy atom. The molecule has 5 rings (SSSR count). The fourth-order valence-corrected chi connectivity index (χ4v) is 4.94. The molecule has 0 unspecified atom stereocenters. The SMILES string of the molecule is COC(=O)C1CCN(Cc2ccc3[nH]c(-c4ccc(Cl)c5c4C(=O)NC5)cc3c2)CC1. The number of hydrogen-bond acceptors (Lipinski definition) is 4. The number of methoxy groups -OCH3 is 1. The van der Waals surface area contributed by atoms with Crippen LogP contribution in [0.15, 0.2) is 36.4 Å². The molecule has 2 aliphatic heterocycles. The van der Waals surface area contributed by atoms with E-state index in [9.17, 15) is 9.59 Å². The summed E-state index contributed by atoms with van der Waals surface area (Å²) < 4.78 is 4.88. The highest BCUT2D eigenvalue weighted by Gasteiger charge is 2.27. The van der Waals surface area contributed by atoms with Crippen LogP contribution >= 0.6 is 11.6 Å². The molecule has 0 radical (unpaired) electrons. The number of H-pyrrole nitrogens is 1. The van der Waals surface area contributed by atoms with Crippen LogP contribution in [-0.4, -0.2) is 42.0 Å². The maximum Gasteiger partial charge on any atom is 0.308 e. The zero-order valence-electron chi connectivity index (χ0n) is 17.3. The highest BCUT2D eigenvalue weighted by Crippen LogP contribution is 2.35. The Balaban J connectivity index is 1.37. The zero-order valence-corrected chi connectivity index (χ0v) is 18.1. The number of aromatic nitrogens is 1. The summed E-state index contributed by atoms with van der Waals surface area (Å²) in [6.45, 7) is 3.10. The van der Waals surface area contributed by atoms with Crippen LogP contribution < -0.4 is 5.32 Å². The number of amides is 1. The zero-order chi connectivity index (χ0) is 21.5. The number of esters is 1.